The number of hydrogen-bond acceptors (Lipinski definition) is 3. The van der Waals surface area contributed by atoms with Crippen molar-refractivity contribution in [3.8, 4) is 0 Å². The van der Waals surface area contributed by atoms with E-state index in [1.807, 2.05) is 0 Å². The first-order valence-corrected chi connectivity index (χ1v) is 9.34. The van der Waals surface area contributed by atoms with Gasteiger partial charge in [0.05, 0.1) is 0 Å². The van der Waals surface area contributed by atoms with Crippen LogP contribution in [0.25, 0.3) is 0 Å². The first kappa shape index (κ1) is 17.5. The Balaban J connectivity index is 1.50. The monoisotopic (exact) mass is 340 g/mol. The zero-order valence-electron chi connectivity index (χ0n) is 15.0. The quantitative estimate of drug-likeness (QED) is 0.461. The number of nitrogens with zero attached hydrogens (tertiary/aromatic N) is 4. The zero-order valence-corrected chi connectivity index (χ0v) is 15.0. The lowest BCUT2D eigenvalue weighted by molar-refractivity contribution is 0.508. The number of rotatable bonds is 7. The molecule has 1 aromatic carbocycles. The van der Waals surface area contributed by atoms with Crippen molar-refractivity contribution in [2.24, 2.45) is 4.99 Å². The second kappa shape index (κ2) is 9.20. The van der Waals surface area contributed by atoms with Gasteiger partial charge in [0.1, 0.15) is 12.4 Å². The lowest BCUT2D eigenvalue weighted by Gasteiger charge is -2.14. The number of aromatic nitrogens is 3. The standard InChI is InChI=1S/C19H28N6/c1-2-20-19(21-13-8-11-16-9-4-3-5-10-16)22-15-18-24-23-17-12-6-7-14-25(17)18/h3-5,9-10H,2,6-8,11-15H2,1H3,(H2,20,21,22). The maximum absolute atomic E-state index is 4.68. The van der Waals surface area contributed by atoms with Crippen LogP contribution in [0, 0.1) is 0 Å². The van der Waals surface area contributed by atoms with Gasteiger partial charge in [-0.3, -0.25) is 0 Å². The van der Waals surface area contributed by atoms with Gasteiger partial charge in [-0.15, -0.1) is 10.2 Å². The molecule has 0 unspecified atom stereocenters. The van der Waals surface area contributed by atoms with E-state index in [2.05, 4.69) is 67.6 Å². The van der Waals surface area contributed by atoms with Gasteiger partial charge in [0.15, 0.2) is 11.8 Å². The average Bonchev–Trinajstić information content (AvgIpc) is 3.07. The molecule has 1 aliphatic rings. The second-order valence-electron chi connectivity index (χ2n) is 6.35. The third kappa shape index (κ3) is 5.05. The molecule has 1 aromatic heterocycles. The third-order valence-corrected chi connectivity index (χ3v) is 4.44. The highest BCUT2D eigenvalue weighted by Gasteiger charge is 2.15. The van der Waals surface area contributed by atoms with Crippen LogP contribution in [0.15, 0.2) is 35.3 Å². The largest absolute Gasteiger partial charge is 0.357 e. The molecule has 0 fully saturated rings. The van der Waals surface area contributed by atoms with Crippen molar-refractivity contribution in [3.63, 3.8) is 0 Å². The SMILES string of the molecule is CCNC(=NCc1nnc2n1CCCC2)NCCCc1ccccc1. The summed E-state index contributed by atoms with van der Waals surface area (Å²) >= 11 is 0. The maximum atomic E-state index is 4.68. The van der Waals surface area contributed by atoms with Gasteiger partial charge in [-0.2, -0.15) is 0 Å². The van der Waals surface area contributed by atoms with E-state index in [1.165, 1.54) is 18.4 Å². The number of nitrogens with one attached hydrogen (secondary N) is 2. The number of hydrogen-bond donors (Lipinski definition) is 2. The van der Waals surface area contributed by atoms with Crippen LogP contribution in [0.1, 0.15) is 43.4 Å². The van der Waals surface area contributed by atoms with E-state index < -0.39 is 0 Å². The van der Waals surface area contributed by atoms with Crippen LogP contribution in [0.4, 0.5) is 0 Å². The average molecular weight is 340 g/mol. The van der Waals surface area contributed by atoms with Crippen molar-refractivity contribution in [1.82, 2.24) is 25.4 Å². The van der Waals surface area contributed by atoms with Gasteiger partial charge >= 0.3 is 0 Å². The summed E-state index contributed by atoms with van der Waals surface area (Å²) in [7, 11) is 0. The van der Waals surface area contributed by atoms with Crippen LogP contribution < -0.4 is 10.6 Å². The molecule has 0 aliphatic carbocycles. The summed E-state index contributed by atoms with van der Waals surface area (Å²) in [5.74, 6) is 2.93. The highest BCUT2D eigenvalue weighted by Crippen LogP contribution is 2.14. The molecule has 25 heavy (non-hydrogen) atoms. The first-order valence-electron chi connectivity index (χ1n) is 9.34. The van der Waals surface area contributed by atoms with Crippen LogP contribution in [0.5, 0.6) is 0 Å². The van der Waals surface area contributed by atoms with Gasteiger partial charge in [0, 0.05) is 26.1 Å². The Bertz CT molecular complexity index is 676. The highest BCUT2D eigenvalue weighted by atomic mass is 15.3. The highest BCUT2D eigenvalue weighted by molar-refractivity contribution is 5.79. The maximum Gasteiger partial charge on any atom is 0.191 e. The molecule has 6 heteroatoms. The van der Waals surface area contributed by atoms with E-state index in [0.717, 1.165) is 56.5 Å². The molecular weight excluding hydrogens is 312 g/mol. The Labute approximate surface area is 149 Å². The fourth-order valence-corrected chi connectivity index (χ4v) is 3.12. The number of guanidine groups is 1. The van der Waals surface area contributed by atoms with Crippen LogP contribution in [-0.4, -0.2) is 33.8 Å². The van der Waals surface area contributed by atoms with Crippen molar-refractivity contribution in [1.29, 1.82) is 0 Å². The molecule has 0 saturated carbocycles. The predicted molar refractivity (Wildman–Crippen MR) is 101 cm³/mol. The van der Waals surface area contributed by atoms with E-state index in [9.17, 15) is 0 Å². The molecule has 0 atom stereocenters. The third-order valence-electron chi connectivity index (χ3n) is 4.44. The van der Waals surface area contributed by atoms with E-state index in [1.54, 1.807) is 0 Å². The topological polar surface area (TPSA) is 67.1 Å². The molecule has 134 valence electrons. The second-order valence-corrected chi connectivity index (χ2v) is 6.35. The van der Waals surface area contributed by atoms with Crippen molar-refractivity contribution in [2.75, 3.05) is 13.1 Å². The van der Waals surface area contributed by atoms with Gasteiger partial charge < -0.3 is 15.2 Å². The van der Waals surface area contributed by atoms with E-state index in [4.69, 9.17) is 0 Å². The first-order chi connectivity index (χ1) is 12.4. The van der Waals surface area contributed by atoms with Crippen molar-refractivity contribution >= 4 is 5.96 Å². The summed E-state index contributed by atoms with van der Waals surface area (Å²) in [6, 6.07) is 10.6. The number of benzene rings is 1. The Morgan fingerprint density at radius 3 is 2.88 bits per heavy atom. The minimum absolute atomic E-state index is 0.570. The van der Waals surface area contributed by atoms with Crippen LogP contribution in [0.3, 0.4) is 0 Å². The molecule has 0 amide bonds. The van der Waals surface area contributed by atoms with E-state index in [-0.39, 0.29) is 0 Å². The van der Waals surface area contributed by atoms with Crippen molar-refractivity contribution in [3.05, 3.63) is 47.5 Å². The van der Waals surface area contributed by atoms with Gasteiger partial charge in [0.2, 0.25) is 0 Å². The normalized spacial score (nSPS) is 14.2. The van der Waals surface area contributed by atoms with E-state index in [0.29, 0.717) is 6.54 Å². The molecule has 0 spiro atoms. The summed E-state index contributed by atoms with van der Waals surface area (Å²) in [6.45, 7) is 5.43. The van der Waals surface area contributed by atoms with E-state index >= 15 is 0 Å². The fraction of sp³-hybridized carbons (Fsp3) is 0.526. The number of fused-ring (bicyclic) bond motifs is 1. The molecule has 6 nitrogen and oxygen atoms in total. The minimum atomic E-state index is 0.570. The Morgan fingerprint density at radius 1 is 1.16 bits per heavy atom. The van der Waals surface area contributed by atoms with Crippen LogP contribution >= 0.6 is 0 Å². The van der Waals surface area contributed by atoms with Gasteiger partial charge in [0.25, 0.3) is 0 Å². The zero-order chi connectivity index (χ0) is 17.3. The summed E-state index contributed by atoms with van der Waals surface area (Å²) in [6.07, 6.45) is 5.61. The molecule has 0 bridgehead atoms. The molecule has 3 rings (SSSR count). The molecule has 1 aliphatic heterocycles. The lowest BCUT2D eigenvalue weighted by atomic mass is 10.1. The van der Waals surface area contributed by atoms with Gasteiger partial charge in [-0.1, -0.05) is 30.3 Å². The molecule has 0 radical (unpaired) electrons. The number of aryl methyl sites for hydroxylation is 2. The minimum Gasteiger partial charge on any atom is -0.357 e. The molecule has 2 heterocycles. The van der Waals surface area contributed by atoms with Gasteiger partial charge in [-0.05, 0) is 38.2 Å². The molecule has 2 aromatic rings. The van der Waals surface area contributed by atoms with Gasteiger partial charge in [-0.25, -0.2) is 4.99 Å². The van der Waals surface area contributed by atoms with Crippen molar-refractivity contribution in [2.45, 2.75) is 52.1 Å². The summed E-state index contributed by atoms with van der Waals surface area (Å²) in [5, 5.41) is 15.3. The van der Waals surface area contributed by atoms with Crippen LogP contribution in [-0.2, 0) is 25.9 Å². The summed E-state index contributed by atoms with van der Waals surface area (Å²) in [4.78, 5) is 4.68. The van der Waals surface area contributed by atoms with Crippen LogP contribution in [0.2, 0.25) is 0 Å². The Kier molecular flexibility index (Phi) is 6.42. The molecular formula is C19H28N6. The molecule has 2 N–H and O–H groups in total. The Hall–Kier alpha value is -2.37. The Morgan fingerprint density at radius 2 is 2.04 bits per heavy atom. The summed E-state index contributed by atoms with van der Waals surface area (Å²) in [5.41, 5.74) is 1.38. The number of aliphatic imine (C=N–C) groups is 1. The smallest absolute Gasteiger partial charge is 0.191 e. The van der Waals surface area contributed by atoms with Crippen molar-refractivity contribution < 1.29 is 0 Å². The molecule has 0 saturated heterocycles. The summed E-state index contributed by atoms with van der Waals surface area (Å²) < 4.78 is 2.23. The fourth-order valence-electron chi connectivity index (χ4n) is 3.12. The predicted octanol–water partition coefficient (Wildman–Crippen LogP) is 2.30. The lowest BCUT2D eigenvalue weighted by Crippen LogP contribution is -2.38.